The molecule has 1 N–H and O–H groups in total. The molecule has 0 fully saturated rings. The van der Waals surface area contributed by atoms with E-state index in [0.29, 0.717) is 19.0 Å². The van der Waals surface area contributed by atoms with Gasteiger partial charge in [-0.3, -0.25) is 4.99 Å². The molecular weight excluding hydrogens is 268 g/mol. The predicted octanol–water partition coefficient (Wildman–Crippen LogP) is 1.61. The molecule has 1 atom stereocenters. The van der Waals surface area contributed by atoms with Crippen LogP contribution >= 0.6 is 12.4 Å². The Morgan fingerprint density at radius 3 is 2.84 bits per heavy atom. The van der Waals surface area contributed by atoms with E-state index in [1.807, 2.05) is 31.2 Å². The van der Waals surface area contributed by atoms with Crippen molar-refractivity contribution in [2.24, 2.45) is 4.99 Å². The van der Waals surface area contributed by atoms with Crippen molar-refractivity contribution in [2.45, 2.75) is 12.7 Å². The molecule has 0 saturated heterocycles. The van der Waals surface area contributed by atoms with Crippen LogP contribution in [0.4, 0.5) is 0 Å². The lowest BCUT2D eigenvalue weighted by Crippen LogP contribution is -2.57. The SMILES string of the molecule is CCOC1(C2=NCCN2)COc2ccccc2O1.Cl. The zero-order chi connectivity index (χ0) is 12.4. The number of hydrogen-bond acceptors (Lipinski definition) is 5. The number of rotatable bonds is 3. The first-order chi connectivity index (χ1) is 8.84. The number of nitrogens with one attached hydrogen (secondary N) is 1. The number of fused-ring (bicyclic) bond motifs is 1. The zero-order valence-corrected chi connectivity index (χ0v) is 11.5. The summed E-state index contributed by atoms with van der Waals surface area (Å²) >= 11 is 0. The molecule has 3 rings (SSSR count). The van der Waals surface area contributed by atoms with Crippen LogP contribution in [0.3, 0.4) is 0 Å². The van der Waals surface area contributed by atoms with Gasteiger partial charge in [-0.1, -0.05) is 12.1 Å². The summed E-state index contributed by atoms with van der Waals surface area (Å²) in [6, 6.07) is 7.59. The Bertz CT molecular complexity index is 481. The minimum absolute atomic E-state index is 0. The number of nitrogens with zero attached hydrogens (tertiary/aromatic N) is 1. The average Bonchev–Trinajstić information content (AvgIpc) is 2.93. The van der Waals surface area contributed by atoms with E-state index in [1.165, 1.54) is 0 Å². The molecule has 0 spiro atoms. The van der Waals surface area contributed by atoms with Crippen LogP contribution in [0.5, 0.6) is 11.5 Å². The minimum atomic E-state index is -0.931. The summed E-state index contributed by atoms with van der Waals surface area (Å²) in [6.07, 6.45) is 0. The second-order valence-corrected chi connectivity index (χ2v) is 4.18. The Kier molecular flexibility index (Phi) is 4.17. The van der Waals surface area contributed by atoms with E-state index in [1.54, 1.807) is 0 Å². The molecule has 2 heterocycles. The van der Waals surface area contributed by atoms with Gasteiger partial charge in [-0.2, -0.15) is 0 Å². The molecule has 2 aliphatic heterocycles. The average molecular weight is 285 g/mol. The van der Waals surface area contributed by atoms with Gasteiger partial charge < -0.3 is 19.5 Å². The van der Waals surface area contributed by atoms with E-state index < -0.39 is 5.79 Å². The first-order valence-corrected chi connectivity index (χ1v) is 6.18. The summed E-state index contributed by atoms with van der Waals surface area (Å²) in [4.78, 5) is 4.40. The number of hydrogen-bond donors (Lipinski definition) is 1. The van der Waals surface area contributed by atoms with Crippen molar-refractivity contribution < 1.29 is 14.2 Å². The van der Waals surface area contributed by atoms with Crippen molar-refractivity contribution >= 4 is 18.2 Å². The van der Waals surface area contributed by atoms with E-state index in [9.17, 15) is 0 Å². The van der Waals surface area contributed by atoms with Gasteiger partial charge >= 0.3 is 5.79 Å². The standard InChI is InChI=1S/C13H16N2O3.ClH/c1-2-17-13(12-14-7-8-15-12)9-16-10-5-3-4-6-11(10)18-13;/h3-6H,2,7-9H2,1H3,(H,14,15);1H. The molecule has 6 heteroatoms. The monoisotopic (exact) mass is 284 g/mol. The highest BCUT2D eigenvalue weighted by Gasteiger charge is 2.45. The van der Waals surface area contributed by atoms with Crippen molar-refractivity contribution in [3.63, 3.8) is 0 Å². The fourth-order valence-electron chi connectivity index (χ4n) is 2.18. The van der Waals surface area contributed by atoms with Crippen molar-refractivity contribution in [1.82, 2.24) is 5.32 Å². The predicted molar refractivity (Wildman–Crippen MR) is 74.5 cm³/mol. The topological polar surface area (TPSA) is 52.1 Å². The first kappa shape index (κ1) is 14.0. The van der Waals surface area contributed by atoms with Gasteiger partial charge in [-0.05, 0) is 19.1 Å². The Hall–Kier alpha value is -1.46. The van der Waals surface area contributed by atoms with Crippen molar-refractivity contribution in [3.8, 4) is 11.5 Å². The third-order valence-corrected chi connectivity index (χ3v) is 2.95. The maximum Gasteiger partial charge on any atom is 0.304 e. The Balaban J connectivity index is 0.00000133. The highest BCUT2D eigenvalue weighted by Crippen LogP contribution is 2.36. The van der Waals surface area contributed by atoms with Gasteiger partial charge in [0, 0.05) is 13.2 Å². The van der Waals surface area contributed by atoms with Crippen molar-refractivity contribution in [3.05, 3.63) is 24.3 Å². The van der Waals surface area contributed by atoms with Crippen LogP contribution in [0.2, 0.25) is 0 Å². The van der Waals surface area contributed by atoms with Gasteiger partial charge in [0.05, 0.1) is 6.54 Å². The highest BCUT2D eigenvalue weighted by molar-refractivity contribution is 5.91. The van der Waals surface area contributed by atoms with Gasteiger partial charge in [-0.15, -0.1) is 12.4 Å². The summed E-state index contributed by atoms with van der Waals surface area (Å²) in [5.74, 6) is 1.22. The fraction of sp³-hybridized carbons (Fsp3) is 0.462. The number of amidine groups is 1. The van der Waals surface area contributed by atoms with Crippen LogP contribution in [0.1, 0.15) is 6.92 Å². The molecule has 0 bridgehead atoms. The Morgan fingerprint density at radius 2 is 2.16 bits per heavy atom. The van der Waals surface area contributed by atoms with Gasteiger partial charge in [0.25, 0.3) is 0 Å². The number of aliphatic imine (C=N–C) groups is 1. The van der Waals surface area contributed by atoms with Crippen LogP contribution in [0.15, 0.2) is 29.3 Å². The summed E-state index contributed by atoms with van der Waals surface area (Å²) < 4.78 is 17.5. The molecule has 0 radical (unpaired) electrons. The van der Waals surface area contributed by atoms with E-state index in [-0.39, 0.29) is 12.4 Å². The fourth-order valence-corrected chi connectivity index (χ4v) is 2.18. The Labute approximate surface area is 118 Å². The number of benzene rings is 1. The molecule has 2 aliphatic rings. The second-order valence-electron chi connectivity index (χ2n) is 4.18. The van der Waals surface area contributed by atoms with E-state index in [2.05, 4.69) is 10.3 Å². The summed E-state index contributed by atoms with van der Waals surface area (Å²) in [5.41, 5.74) is 0. The third kappa shape index (κ3) is 2.48. The van der Waals surface area contributed by atoms with Crippen LogP contribution < -0.4 is 14.8 Å². The van der Waals surface area contributed by atoms with E-state index >= 15 is 0 Å². The van der Waals surface area contributed by atoms with Crippen LogP contribution in [-0.4, -0.2) is 37.9 Å². The first-order valence-electron chi connectivity index (χ1n) is 6.18. The van der Waals surface area contributed by atoms with Crippen LogP contribution in [0, 0.1) is 0 Å². The molecule has 104 valence electrons. The second kappa shape index (κ2) is 5.67. The number of halogens is 1. The van der Waals surface area contributed by atoms with Gasteiger partial charge in [-0.25, -0.2) is 0 Å². The lowest BCUT2D eigenvalue weighted by atomic mass is 10.2. The van der Waals surface area contributed by atoms with E-state index in [4.69, 9.17) is 14.2 Å². The molecule has 0 aromatic heterocycles. The van der Waals surface area contributed by atoms with Gasteiger partial charge in [0.2, 0.25) is 0 Å². The van der Waals surface area contributed by atoms with Crippen LogP contribution in [-0.2, 0) is 4.74 Å². The zero-order valence-electron chi connectivity index (χ0n) is 10.7. The molecule has 0 amide bonds. The third-order valence-electron chi connectivity index (χ3n) is 2.95. The number of ether oxygens (including phenoxy) is 3. The smallest absolute Gasteiger partial charge is 0.304 e. The summed E-state index contributed by atoms with van der Waals surface area (Å²) in [5, 5.41) is 3.20. The summed E-state index contributed by atoms with van der Waals surface area (Å²) in [6.45, 7) is 4.33. The van der Waals surface area contributed by atoms with E-state index in [0.717, 1.165) is 24.7 Å². The highest BCUT2D eigenvalue weighted by atomic mass is 35.5. The minimum Gasteiger partial charge on any atom is -0.482 e. The van der Waals surface area contributed by atoms with Crippen molar-refractivity contribution in [2.75, 3.05) is 26.3 Å². The molecule has 0 aliphatic carbocycles. The largest absolute Gasteiger partial charge is 0.482 e. The molecule has 5 nitrogen and oxygen atoms in total. The molecular formula is C13H17ClN2O3. The normalized spacial score (nSPS) is 24.2. The number of para-hydroxylation sites is 2. The quantitative estimate of drug-likeness (QED) is 0.916. The van der Waals surface area contributed by atoms with Gasteiger partial charge in [0.15, 0.2) is 23.9 Å². The maximum atomic E-state index is 6.00. The lowest BCUT2D eigenvalue weighted by Gasteiger charge is -2.37. The van der Waals surface area contributed by atoms with Crippen molar-refractivity contribution in [1.29, 1.82) is 0 Å². The summed E-state index contributed by atoms with van der Waals surface area (Å²) in [7, 11) is 0. The molecule has 1 aromatic rings. The molecule has 1 unspecified atom stereocenters. The van der Waals surface area contributed by atoms with Crippen LogP contribution in [0.25, 0.3) is 0 Å². The molecule has 19 heavy (non-hydrogen) atoms. The Morgan fingerprint density at radius 1 is 1.37 bits per heavy atom. The van der Waals surface area contributed by atoms with Gasteiger partial charge in [0.1, 0.15) is 0 Å². The lowest BCUT2D eigenvalue weighted by molar-refractivity contribution is -0.161. The molecule has 0 saturated carbocycles. The maximum absolute atomic E-state index is 6.00. The molecule has 1 aromatic carbocycles.